The second-order valence-corrected chi connectivity index (χ2v) is 12.4. The van der Waals surface area contributed by atoms with E-state index in [-0.39, 0.29) is 60.5 Å². The summed E-state index contributed by atoms with van der Waals surface area (Å²) in [6.45, 7) is 16.5. The summed E-state index contributed by atoms with van der Waals surface area (Å²) in [5.41, 5.74) is -8.79. The van der Waals surface area contributed by atoms with Gasteiger partial charge in [0.2, 0.25) is 0 Å². The first kappa shape index (κ1) is 36.4. The summed E-state index contributed by atoms with van der Waals surface area (Å²) in [4.78, 5) is 6.63. The second kappa shape index (κ2) is 12.6. The van der Waals surface area contributed by atoms with Gasteiger partial charge in [-0.15, -0.1) is 0 Å². The number of halogens is 11. The first-order valence-corrected chi connectivity index (χ1v) is 15.6. The van der Waals surface area contributed by atoms with Crippen molar-refractivity contribution in [3.05, 3.63) is 150 Å². The van der Waals surface area contributed by atoms with Crippen LogP contribution in [-0.4, -0.2) is 0 Å². The van der Waals surface area contributed by atoms with Crippen molar-refractivity contribution in [1.29, 1.82) is 10.5 Å². The Kier molecular flexibility index (Phi) is 8.32. The topological polar surface area (TPSA) is 56.3 Å². The second-order valence-electron chi connectivity index (χ2n) is 12.4. The van der Waals surface area contributed by atoms with Crippen LogP contribution in [0.5, 0.6) is 0 Å². The fourth-order valence-corrected chi connectivity index (χ4v) is 7.54. The van der Waals surface area contributed by atoms with Gasteiger partial charge in [0, 0.05) is 10.8 Å². The van der Waals surface area contributed by atoms with Gasteiger partial charge in [0.25, 0.3) is 11.4 Å². The molecule has 5 aromatic carbocycles. The molecule has 0 aliphatic heterocycles. The Balaban J connectivity index is 1.64. The standard InChI is InChI=1S/C40H13F11N4/c1-14-32(41)34(43)28(35(44)33(14)42)17-8-4-6-15-19(17)10-21-25(23(12-52)54-2)22-11-20-16(27(22)30(26(15)21)24(13-53)55-3)7-5-9-18(20)29-36(45)38(47)31(40(49,50)51)39(48)37(29)46/h4-9H,10-11H2,1H3/b25-23+,30-24+. The number of fused-ring (bicyclic) bond motifs is 6. The van der Waals surface area contributed by atoms with Gasteiger partial charge in [0.05, 0.1) is 36.4 Å². The predicted molar refractivity (Wildman–Crippen MR) is 174 cm³/mol. The quantitative estimate of drug-likeness (QED) is 0.100. The average Bonchev–Trinajstić information content (AvgIpc) is 3.73. The van der Waals surface area contributed by atoms with E-state index in [0.717, 1.165) is 25.1 Å². The minimum absolute atomic E-state index is 0.0162. The molecule has 0 aromatic heterocycles. The first-order chi connectivity index (χ1) is 26.0. The van der Waals surface area contributed by atoms with Crippen LogP contribution in [0.25, 0.3) is 65.6 Å². The van der Waals surface area contributed by atoms with Gasteiger partial charge < -0.3 is 0 Å². The van der Waals surface area contributed by atoms with Crippen LogP contribution in [0, 0.1) is 89.3 Å². The van der Waals surface area contributed by atoms with Crippen molar-refractivity contribution < 1.29 is 48.3 Å². The Morgan fingerprint density at radius 3 is 1.24 bits per heavy atom. The highest BCUT2D eigenvalue weighted by atomic mass is 19.4. The Morgan fingerprint density at radius 1 is 0.545 bits per heavy atom. The van der Waals surface area contributed by atoms with Crippen LogP contribution < -0.4 is 10.4 Å². The van der Waals surface area contributed by atoms with Gasteiger partial charge in [-0.05, 0) is 80.6 Å². The van der Waals surface area contributed by atoms with Crippen molar-refractivity contribution >= 4 is 11.4 Å². The molecule has 0 fully saturated rings. The van der Waals surface area contributed by atoms with Gasteiger partial charge in [-0.3, -0.25) is 0 Å². The van der Waals surface area contributed by atoms with Crippen LogP contribution in [0.2, 0.25) is 0 Å². The molecule has 0 saturated carbocycles. The van der Waals surface area contributed by atoms with Gasteiger partial charge in [-0.25, -0.2) is 55.3 Å². The van der Waals surface area contributed by atoms with Gasteiger partial charge in [0.1, 0.15) is 5.56 Å². The van der Waals surface area contributed by atoms with E-state index in [0.29, 0.717) is 0 Å². The zero-order chi connectivity index (χ0) is 40.0. The maximum Gasteiger partial charge on any atom is 0.422 e. The summed E-state index contributed by atoms with van der Waals surface area (Å²) < 4.78 is 161. The lowest BCUT2D eigenvalue weighted by Crippen LogP contribution is -2.25. The van der Waals surface area contributed by atoms with E-state index in [9.17, 15) is 41.3 Å². The van der Waals surface area contributed by atoms with Crippen LogP contribution in [0.1, 0.15) is 33.4 Å². The molecule has 4 nitrogen and oxygen atoms in total. The van der Waals surface area contributed by atoms with E-state index in [4.69, 9.17) is 13.1 Å². The third-order valence-electron chi connectivity index (χ3n) is 9.78. The Labute approximate surface area is 302 Å². The summed E-state index contributed by atoms with van der Waals surface area (Å²) in [6, 6.07) is 10.7. The van der Waals surface area contributed by atoms with Gasteiger partial charge in [0.15, 0.2) is 46.5 Å². The summed E-state index contributed by atoms with van der Waals surface area (Å²) in [5.74, 6) is -17.0. The third kappa shape index (κ3) is 4.93. The minimum Gasteiger partial charge on any atom is -0.226 e. The summed E-state index contributed by atoms with van der Waals surface area (Å²) in [6.07, 6.45) is -6.76. The van der Waals surface area contributed by atoms with Gasteiger partial charge >= 0.3 is 6.18 Å². The lowest BCUT2D eigenvalue weighted by molar-refractivity contribution is -0.143. The molecule has 0 atom stereocenters. The molecule has 2 aliphatic carbocycles. The Hall–Kier alpha value is -6.97. The number of nitriles is 2. The molecular weight excluding hydrogens is 745 g/mol. The molecule has 270 valence electrons. The van der Waals surface area contributed by atoms with Crippen LogP contribution >= 0.6 is 0 Å². The van der Waals surface area contributed by atoms with Gasteiger partial charge in [-0.1, -0.05) is 36.4 Å². The lowest BCUT2D eigenvalue weighted by atomic mass is 9.90. The van der Waals surface area contributed by atoms with E-state index >= 15 is 17.6 Å². The van der Waals surface area contributed by atoms with Crippen molar-refractivity contribution in [2.75, 3.05) is 0 Å². The normalized spacial score (nSPS) is 13.5. The molecule has 0 N–H and O–H groups in total. The smallest absolute Gasteiger partial charge is 0.226 e. The van der Waals surface area contributed by atoms with Crippen LogP contribution in [0.3, 0.4) is 0 Å². The minimum atomic E-state index is -5.82. The number of rotatable bonds is 2. The third-order valence-corrected chi connectivity index (χ3v) is 9.78. The molecular formula is C40H13F11N4. The maximum atomic E-state index is 15.5. The summed E-state index contributed by atoms with van der Waals surface area (Å²) in [5, 5.41) is 20.0. The molecule has 0 bridgehead atoms. The van der Waals surface area contributed by atoms with Crippen molar-refractivity contribution in [2.45, 2.75) is 25.9 Å². The largest absolute Gasteiger partial charge is 0.422 e. The number of alkyl halides is 3. The highest BCUT2D eigenvalue weighted by Crippen LogP contribution is 2.48. The fourth-order valence-electron chi connectivity index (χ4n) is 7.54. The van der Waals surface area contributed by atoms with Crippen LogP contribution in [0.4, 0.5) is 48.3 Å². The van der Waals surface area contributed by atoms with E-state index in [1.807, 2.05) is 0 Å². The molecule has 0 amide bonds. The van der Waals surface area contributed by atoms with E-state index in [1.165, 1.54) is 18.2 Å². The molecule has 7 rings (SSSR count). The van der Waals surface area contributed by atoms with Crippen molar-refractivity contribution in [3.8, 4) is 56.6 Å². The molecule has 0 spiro atoms. The molecule has 0 radical (unpaired) electrons. The van der Waals surface area contributed by atoms with Crippen molar-refractivity contribution in [3.63, 3.8) is 0 Å². The molecule has 0 saturated heterocycles. The SMILES string of the molecule is [C-]#[N+]/C(C#N)=c1\c2c(/c(=C(/C#N)[N+]#[C-])c3c1Cc1c(-c4c(F)c(F)c(C(F)(F)F)c(F)c4F)cccc1-3)-c1cccc(-c3c(F)c(F)c(C)c(F)c3F)c1C2. The predicted octanol–water partition coefficient (Wildman–Crippen LogP) is 9.71. The molecule has 15 heteroatoms. The molecule has 5 aromatic rings. The van der Waals surface area contributed by atoms with Crippen LogP contribution in [-0.2, 0) is 19.0 Å². The number of benzene rings is 5. The zero-order valence-corrected chi connectivity index (χ0v) is 27.3. The molecule has 2 aliphatic rings. The highest BCUT2D eigenvalue weighted by molar-refractivity contribution is 5.96. The average molecular weight is 759 g/mol. The monoisotopic (exact) mass is 758 g/mol. The van der Waals surface area contributed by atoms with E-state index in [1.54, 1.807) is 12.1 Å². The van der Waals surface area contributed by atoms with Crippen molar-refractivity contribution in [1.82, 2.24) is 0 Å². The molecule has 55 heavy (non-hydrogen) atoms. The van der Waals surface area contributed by atoms with E-state index in [2.05, 4.69) is 9.69 Å². The van der Waals surface area contributed by atoms with Crippen LogP contribution in [0.15, 0.2) is 36.4 Å². The summed E-state index contributed by atoms with van der Waals surface area (Å²) >= 11 is 0. The Bertz CT molecular complexity index is 2860. The van der Waals surface area contributed by atoms with E-state index < -0.39 is 105 Å². The first-order valence-electron chi connectivity index (χ1n) is 15.6. The fraction of sp³-hybridized carbons (Fsp3) is 0.100. The van der Waals surface area contributed by atoms with Crippen molar-refractivity contribution in [2.24, 2.45) is 0 Å². The molecule has 0 heterocycles. The van der Waals surface area contributed by atoms with Gasteiger partial charge in [-0.2, -0.15) is 13.2 Å². The molecule has 0 unspecified atom stereocenters. The number of hydrogen-bond donors (Lipinski definition) is 0. The number of nitrogens with zero attached hydrogens (tertiary/aromatic N) is 4. The summed E-state index contributed by atoms with van der Waals surface area (Å²) in [7, 11) is 0. The Morgan fingerprint density at radius 2 is 0.891 bits per heavy atom. The zero-order valence-electron chi connectivity index (χ0n) is 27.3. The lowest BCUT2D eigenvalue weighted by Gasteiger charge is -2.16. The highest BCUT2D eigenvalue weighted by Gasteiger charge is 2.43. The number of hydrogen-bond acceptors (Lipinski definition) is 2. The maximum absolute atomic E-state index is 15.5.